The molecule has 10 heteroatoms. The van der Waals surface area contributed by atoms with Gasteiger partial charge in [-0.3, -0.25) is 14.2 Å². The zero-order chi connectivity index (χ0) is 30.2. The van der Waals surface area contributed by atoms with Gasteiger partial charge in [-0.05, 0) is 42.3 Å². The summed E-state index contributed by atoms with van der Waals surface area (Å²) in [5.74, 6) is 0.353. The molecule has 1 fully saturated rings. The van der Waals surface area contributed by atoms with Crippen LogP contribution >= 0.6 is 11.6 Å². The molecule has 4 heterocycles. The zero-order valence-electron chi connectivity index (χ0n) is 24.0. The number of fused-ring (bicyclic) bond motifs is 2. The second kappa shape index (κ2) is 11.6. The van der Waals surface area contributed by atoms with E-state index < -0.39 is 6.04 Å². The number of H-pyrrole nitrogens is 1. The lowest BCUT2D eigenvalue weighted by Crippen LogP contribution is -2.43. The first kappa shape index (κ1) is 27.8. The number of aromatic amines is 1. The average Bonchev–Trinajstić information content (AvgIpc) is 3.07. The molecular weight excluding hydrogens is 574 g/mol. The summed E-state index contributed by atoms with van der Waals surface area (Å²) in [6, 6.07) is 24.5. The molecule has 3 aromatic carbocycles. The number of anilines is 2. The second-order valence-corrected chi connectivity index (χ2v) is 11.2. The standard InChI is InChI=1S/C34H30ClN7O2/c1-21(40-33-29-27(43)14-15-37-32(29)38-20-39-33)31-30(35)26-9-5-8-25(28(26)34(44)42(31)24-6-3-2-4-7-24)22-10-12-23(13-11-22)41-18-16-36-17-19-41/h2-15,20-21,36H,16-19H2,1H3,(H2,37,38,39,40,43)/t21-/m0/s1. The van der Waals surface area contributed by atoms with Crippen LogP contribution in [0.25, 0.3) is 38.6 Å². The third-order valence-electron chi connectivity index (χ3n) is 8.17. The van der Waals surface area contributed by atoms with Gasteiger partial charge in [0.1, 0.15) is 23.2 Å². The van der Waals surface area contributed by atoms with Crippen molar-refractivity contribution in [2.24, 2.45) is 0 Å². The number of piperazine rings is 1. The van der Waals surface area contributed by atoms with E-state index in [1.54, 1.807) is 10.8 Å². The first-order chi connectivity index (χ1) is 21.5. The number of pyridine rings is 2. The predicted octanol–water partition coefficient (Wildman–Crippen LogP) is 5.53. The molecule has 0 radical (unpaired) electrons. The van der Waals surface area contributed by atoms with E-state index in [0.29, 0.717) is 44.0 Å². The first-order valence-electron chi connectivity index (χ1n) is 14.6. The summed E-state index contributed by atoms with van der Waals surface area (Å²) in [5.41, 5.74) is 4.16. The Labute approximate surface area is 258 Å². The Kier molecular flexibility index (Phi) is 7.33. The van der Waals surface area contributed by atoms with E-state index in [4.69, 9.17) is 11.6 Å². The Balaban J connectivity index is 1.39. The maximum atomic E-state index is 14.6. The summed E-state index contributed by atoms with van der Waals surface area (Å²) in [6.07, 6.45) is 2.94. The molecule has 0 unspecified atom stereocenters. The van der Waals surface area contributed by atoms with Crippen molar-refractivity contribution < 1.29 is 0 Å². The number of nitrogens with one attached hydrogen (secondary N) is 3. The molecule has 0 spiro atoms. The third kappa shape index (κ3) is 4.90. The maximum absolute atomic E-state index is 14.6. The van der Waals surface area contributed by atoms with Crippen molar-refractivity contribution in [3.8, 4) is 16.8 Å². The van der Waals surface area contributed by atoms with Crippen LogP contribution in [0.5, 0.6) is 0 Å². The van der Waals surface area contributed by atoms with Gasteiger partial charge in [0, 0.05) is 55.2 Å². The lowest BCUT2D eigenvalue weighted by Gasteiger charge is -2.29. The van der Waals surface area contributed by atoms with E-state index >= 15 is 0 Å². The summed E-state index contributed by atoms with van der Waals surface area (Å²) in [7, 11) is 0. The molecule has 7 rings (SSSR count). The minimum Gasteiger partial charge on any atom is -0.369 e. The van der Waals surface area contributed by atoms with Gasteiger partial charge in [-0.25, -0.2) is 9.97 Å². The highest BCUT2D eigenvalue weighted by Gasteiger charge is 2.24. The number of hydrogen-bond acceptors (Lipinski definition) is 7. The van der Waals surface area contributed by atoms with Crippen LogP contribution in [0.4, 0.5) is 11.5 Å². The van der Waals surface area contributed by atoms with Crippen molar-refractivity contribution in [1.29, 1.82) is 0 Å². The van der Waals surface area contributed by atoms with E-state index in [9.17, 15) is 9.59 Å². The van der Waals surface area contributed by atoms with Gasteiger partial charge in [0.25, 0.3) is 5.56 Å². The fourth-order valence-electron chi connectivity index (χ4n) is 6.05. The lowest BCUT2D eigenvalue weighted by atomic mass is 9.97. The van der Waals surface area contributed by atoms with Crippen LogP contribution < -0.4 is 26.5 Å². The van der Waals surface area contributed by atoms with E-state index in [2.05, 4.69) is 54.8 Å². The molecule has 3 aromatic heterocycles. The first-order valence-corrected chi connectivity index (χ1v) is 15.0. The molecule has 0 amide bonds. The topological polar surface area (TPSA) is 108 Å². The number of rotatable bonds is 6. The molecule has 1 aliphatic rings. The quantitative estimate of drug-likeness (QED) is 0.230. The minimum atomic E-state index is -0.514. The molecule has 220 valence electrons. The smallest absolute Gasteiger partial charge is 0.263 e. The van der Waals surface area contributed by atoms with Gasteiger partial charge in [-0.1, -0.05) is 60.1 Å². The monoisotopic (exact) mass is 603 g/mol. The van der Waals surface area contributed by atoms with Gasteiger partial charge < -0.3 is 20.5 Å². The Bertz CT molecular complexity index is 2100. The number of hydrogen-bond donors (Lipinski definition) is 3. The highest BCUT2D eigenvalue weighted by atomic mass is 35.5. The van der Waals surface area contributed by atoms with Crippen molar-refractivity contribution in [2.45, 2.75) is 13.0 Å². The molecule has 9 nitrogen and oxygen atoms in total. The number of halogens is 1. The van der Waals surface area contributed by atoms with Crippen LogP contribution in [-0.4, -0.2) is 45.7 Å². The van der Waals surface area contributed by atoms with E-state index in [0.717, 1.165) is 43.0 Å². The highest BCUT2D eigenvalue weighted by molar-refractivity contribution is 6.36. The molecule has 6 aromatic rings. The lowest BCUT2D eigenvalue weighted by molar-refractivity contribution is 0.589. The van der Waals surface area contributed by atoms with Crippen LogP contribution in [0.15, 0.2) is 101 Å². The predicted molar refractivity (Wildman–Crippen MR) is 177 cm³/mol. The van der Waals surface area contributed by atoms with Crippen LogP contribution in [0, 0.1) is 0 Å². The van der Waals surface area contributed by atoms with Gasteiger partial charge in [0.15, 0.2) is 5.43 Å². The molecule has 1 atom stereocenters. The second-order valence-electron chi connectivity index (χ2n) is 10.8. The third-order valence-corrected chi connectivity index (χ3v) is 8.57. The summed E-state index contributed by atoms with van der Waals surface area (Å²) in [6.45, 7) is 5.73. The Morgan fingerprint density at radius 2 is 1.64 bits per heavy atom. The summed E-state index contributed by atoms with van der Waals surface area (Å²) in [4.78, 5) is 41.3. The van der Waals surface area contributed by atoms with E-state index in [-0.39, 0.29) is 11.0 Å². The van der Waals surface area contributed by atoms with Crippen LogP contribution in [-0.2, 0) is 0 Å². The largest absolute Gasteiger partial charge is 0.369 e. The molecule has 0 bridgehead atoms. The number of benzene rings is 3. The normalized spacial score (nSPS) is 14.2. The molecule has 0 aliphatic carbocycles. The maximum Gasteiger partial charge on any atom is 0.263 e. The molecule has 44 heavy (non-hydrogen) atoms. The Morgan fingerprint density at radius 1 is 0.864 bits per heavy atom. The Hall–Kier alpha value is -4.99. The number of nitrogens with zero attached hydrogens (tertiary/aromatic N) is 4. The number of para-hydroxylation sites is 1. The van der Waals surface area contributed by atoms with Gasteiger partial charge >= 0.3 is 0 Å². The van der Waals surface area contributed by atoms with Crippen molar-refractivity contribution in [3.63, 3.8) is 0 Å². The van der Waals surface area contributed by atoms with E-state index in [1.165, 1.54) is 12.4 Å². The van der Waals surface area contributed by atoms with Crippen molar-refractivity contribution in [1.82, 2.24) is 24.8 Å². The molecule has 0 saturated carbocycles. The fraction of sp³-hybridized carbons (Fsp3) is 0.176. The van der Waals surface area contributed by atoms with Crippen LogP contribution in [0.3, 0.4) is 0 Å². The summed E-state index contributed by atoms with van der Waals surface area (Å²) < 4.78 is 1.66. The van der Waals surface area contributed by atoms with Gasteiger partial charge in [-0.15, -0.1) is 0 Å². The minimum absolute atomic E-state index is 0.188. The van der Waals surface area contributed by atoms with Gasteiger partial charge in [0.2, 0.25) is 0 Å². The fourth-order valence-corrected chi connectivity index (χ4v) is 6.45. The number of aromatic nitrogens is 4. The zero-order valence-corrected chi connectivity index (χ0v) is 24.8. The van der Waals surface area contributed by atoms with Crippen molar-refractivity contribution in [3.05, 3.63) is 123 Å². The highest BCUT2D eigenvalue weighted by Crippen LogP contribution is 2.37. The van der Waals surface area contributed by atoms with Gasteiger partial charge in [-0.2, -0.15) is 0 Å². The molecule has 1 saturated heterocycles. The van der Waals surface area contributed by atoms with Gasteiger partial charge in [0.05, 0.1) is 22.1 Å². The van der Waals surface area contributed by atoms with Crippen molar-refractivity contribution >= 4 is 44.9 Å². The van der Waals surface area contributed by atoms with E-state index in [1.807, 2.05) is 55.5 Å². The summed E-state index contributed by atoms with van der Waals surface area (Å²) >= 11 is 7.25. The van der Waals surface area contributed by atoms with Crippen molar-refractivity contribution in [2.75, 3.05) is 36.4 Å². The van der Waals surface area contributed by atoms with Crippen LogP contribution in [0.2, 0.25) is 5.02 Å². The van der Waals surface area contributed by atoms with Crippen LogP contribution in [0.1, 0.15) is 18.7 Å². The summed E-state index contributed by atoms with van der Waals surface area (Å²) in [5, 5.41) is 8.70. The SMILES string of the molecule is C[C@H](Nc1ncnc2[nH]ccc(=O)c12)c1c(Cl)c2cccc(-c3ccc(N4CCNCC4)cc3)c2c(=O)n1-c1ccccc1. The molecule has 3 N–H and O–H groups in total. The average molecular weight is 604 g/mol. The molecule has 1 aliphatic heterocycles. The molecular formula is C34H30ClN7O2. The Morgan fingerprint density at radius 3 is 2.41 bits per heavy atom.